The molecule has 0 amide bonds. The summed E-state index contributed by atoms with van der Waals surface area (Å²) < 4.78 is 11.7. The maximum absolute atomic E-state index is 12.6. The van der Waals surface area contributed by atoms with Crippen LogP contribution in [-0.2, 0) is 14.3 Å². The van der Waals surface area contributed by atoms with Gasteiger partial charge in [0.2, 0.25) is 0 Å². The SMILES string of the molecule is CCCCOC1(OCCC)C=CC(=C(O)c2ccccc2)C(=O)C1. The number of carbonyl (C=O) groups is 1. The lowest BCUT2D eigenvalue weighted by Crippen LogP contribution is -2.39. The molecule has 0 saturated carbocycles. The van der Waals surface area contributed by atoms with E-state index in [2.05, 4.69) is 6.92 Å². The van der Waals surface area contributed by atoms with E-state index in [9.17, 15) is 9.90 Å². The zero-order valence-electron chi connectivity index (χ0n) is 14.5. The Hall–Kier alpha value is -1.91. The Labute approximate surface area is 143 Å². The monoisotopic (exact) mass is 330 g/mol. The van der Waals surface area contributed by atoms with E-state index >= 15 is 0 Å². The van der Waals surface area contributed by atoms with Crippen LogP contribution in [0.1, 0.15) is 45.1 Å². The second kappa shape index (κ2) is 8.81. The highest BCUT2D eigenvalue weighted by Gasteiger charge is 2.37. The quantitative estimate of drug-likeness (QED) is 0.332. The topological polar surface area (TPSA) is 55.8 Å². The normalized spacial score (nSPS) is 22.7. The fourth-order valence-corrected chi connectivity index (χ4v) is 2.55. The van der Waals surface area contributed by atoms with Crippen molar-refractivity contribution >= 4 is 11.5 Å². The molecule has 0 bridgehead atoms. The van der Waals surface area contributed by atoms with Crippen LogP contribution in [0.2, 0.25) is 0 Å². The van der Waals surface area contributed by atoms with E-state index in [0.717, 1.165) is 19.3 Å². The van der Waals surface area contributed by atoms with Gasteiger partial charge in [-0.05, 0) is 25.0 Å². The summed E-state index contributed by atoms with van der Waals surface area (Å²) in [5.74, 6) is -1.19. The van der Waals surface area contributed by atoms with Crippen LogP contribution in [0.15, 0.2) is 48.1 Å². The predicted molar refractivity (Wildman–Crippen MR) is 94.6 cm³/mol. The minimum Gasteiger partial charge on any atom is -0.507 e. The van der Waals surface area contributed by atoms with E-state index in [1.54, 1.807) is 24.3 Å². The predicted octanol–water partition coefficient (Wildman–Crippen LogP) is 4.42. The third kappa shape index (κ3) is 4.56. The summed E-state index contributed by atoms with van der Waals surface area (Å²) in [6, 6.07) is 9.07. The Morgan fingerprint density at radius 3 is 2.46 bits per heavy atom. The van der Waals surface area contributed by atoms with Gasteiger partial charge in [0.25, 0.3) is 0 Å². The smallest absolute Gasteiger partial charge is 0.195 e. The number of ether oxygens (including phenoxy) is 2. The van der Waals surface area contributed by atoms with E-state index in [4.69, 9.17) is 9.47 Å². The highest BCUT2D eigenvalue weighted by Crippen LogP contribution is 2.31. The van der Waals surface area contributed by atoms with Crippen LogP contribution in [0.3, 0.4) is 0 Å². The molecule has 0 saturated heterocycles. The number of benzene rings is 1. The van der Waals surface area contributed by atoms with Gasteiger partial charge in [-0.15, -0.1) is 0 Å². The summed E-state index contributed by atoms with van der Waals surface area (Å²) in [4.78, 5) is 12.6. The number of allylic oxidation sites excluding steroid dienone is 2. The Balaban J connectivity index is 2.25. The van der Waals surface area contributed by atoms with E-state index in [1.807, 2.05) is 25.1 Å². The van der Waals surface area contributed by atoms with Crippen molar-refractivity contribution in [3.63, 3.8) is 0 Å². The molecule has 1 aromatic rings. The van der Waals surface area contributed by atoms with Crippen molar-refractivity contribution in [2.45, 2.75) is 45.3 Å². The van der Waals surface area contributed by atoms with Gasteiger partial charge >= 0.3 is 0 Å². The molecule has 0 radical (unpaired) electrons. The molecule has 4 nitrogen and oxygen atoms in total. The fourth-order valence-electron chi connectivity index (χ4n) is 2.55. The number of rotatable bonds is 8. The van der Waals surface area contributed by atoms with Gasteiger partial charge in [0.15, 0.2) is 11.6 Å². The average molecular weight is 330 g/mol. The summed E-state index contributed by atoms with van der Waals surface area (Å²) in [6.07, 6.45) is 6.24. The van der Waals surface area contributed by atoms with Crippen molar-refractivity contribution < 1.29 is 19.4 Å². The first kappa shape index (κ1) is 18.4. The molecule has 1 aliphatic rings. The molecule has 0 spiro atoms. The molecule has 0 aliphatic heterocycles. The Morgan fingerprint density at radius 2 is 1.83 bits per heavy atom. The number of hydrogen-bond acceptors (Lipinski definition) is 4. The van der Waals surface area contributed by atoms with Crippen molar-refractivity contribution in [2.75, 3.05) is 13.2 Å². The highest BCUT2D eigenvalue weighted by atomic mass is 16.7. The highest BCUT2D eigenvalue weighted by molar-refractivity contribution is 6.05. The van der Waals surface area contributed by atoms with Crippen molar-refractivity contribution in [2.24, 2.45) is 0 Å². The van der Waals surface area contributed by atoms with E-state index < -0.39 is 5.79 Å². The number of unbranched alkanes of at least 4 members (excludes halogenated alkanes) is 1. The lowest BCUT2D eigenvalue weighted by Gasteiger charge is -2.33. The number of hydrogen-bond donors (Lipinski definition) is 1. The van der Waals surface area contributed by atoms with Crippen LogP contribution in [0.5, 0.6) is 0 Å². The molecular weight excluding hydrogens is 304 g/mol. The molecule has 4 heteroatoms. The molecule has 1 unspecified atom stereocenters. The maximum Gasteiger partial charge on any atom is 0.195 e. The van der Waals surface area contributed by atoms with Crippen LogP contribution in [0.25, 0.3) is 5.76 Å². The first-order valence-corrected chi connectivity index (χ1v) is 8.61. The third-order valence-corrected chi connectivity index (χ3v) is 3.91. The van der Waals surface area contributed by atoms with E-state index in [1.165, 1.54) is 0 Å². The molecule has 0 fully saturated rings. The lowest BCUT2D eigenvalue weighted by molar-refractivity contribution is -0.208. The summed E-state index contributed by atoms with van der Waals surface area (Å²) in [5.41, 5.74) is 0.926. The third-order valence-electron chi connectivity index (χ3n) is 3.91. The maximum atomic E-state index is 12.6. The van der Waals surface area contributed by atoms with Gasteiger partial charge in [-0.1, -0.05) is 50.6 Å². The number of Topliss-reactive ketones (excluding diaryl/α,β-unsaturated/α-hetero) is 1. The molecule has 0 heterocycles. The van der Waals surface area contributed by atoms with Crippen LogP contribution in [-0.4, -0.2) is 29.9 Å². The summed E-state index contributed by atoms with van der Waals surface area (Å²) in [7, 11) is 0. The average Bonchev–Trinajstić information content (AvgIpc) is 2.61. The zero-order valence-corrected chi connectivity index (χ0v) is 14.5. The van der Waals surface area contributed by atoms with Crippen LogP contribution >= 0.6 is 0 Å². The lowest BCUT2D eigenvalue weighted by atomic mass is 9.92. The largest absolute Gasteiger partial charge is 0.507 e. The summed E-state index contributed by atoms with van der Waals surface area (Å²) in [6.45, 7) is 5.17. The van der Waals surface area contributed by atoms with Gasteiger partial charge in [0.1, 0.15) is 5.76 Å². The van der Waals surface area contributed by atoms with Gasteiger partial charge < -0.3 is 14.6 Å². The number of aliphatic hydroxyl groups is 1. The molecule has 1 N–H and O–H groups in total. The van der Waals surface area contributed by atoms with Crippen molar-refractivity contribution in [3.05, 3.63) is 53.6 Å². The zero-order chi connectivity index (χ0) is 17.4. The van der Waals surface area contributed by atoms with Crippen molar-refractivity contribution in [3.8, 4) is 0 Å². The Morgan fingerprint density at radius 1 is 1.12 bits per heavy atom. The second-order valence-corrected chi connectivity index (χ2v) is 5.92. The molecule has 0 aromatic heterocycles. The minimum absolute atomic E-state index is 0.00509. The Bertz CT molecular complexity index is 603. The van der Waals surface area contributed by atoms with E-state index in [0.29, 0.717) is 24.4 Å². The minimum atomic E-state index is -1.01. The summed E-state index contributed by atoms with van der Waals surface area (Å²) >= 11 is 0. The molecule has 1 aliphatic carbocycles. The van der Waals surface area contributed by atoms with Gasteiger partial charge in [-0.25, -0.2) is 0 Å². The first-order chi connectivity index (χ1) is 11.6. The van der Waals surface area contributed by atoms with Crippen molar-refractivity contribution in [1.82, 2.24) is 0 Å². The molecule has 1 aromatic carbocycles. The van der Waals surface area contributed by atoms with Gasteiger partial charge in [-0.2, -0.15) is 0 Å². The summed E-state index contributed by atoms with van der Waals surface area (Å²) in [5, 5.41) is 10.4. The molecule has 1 atom stereocenters. The number of aliphatic hydroxyl groups excluding tert-OH is 1. The molecule has 24 heavy (non-hydrogen) atoms. The second-order valence-electron chi connectivity index (χ2n) is 5.92. The Kier molecular flexibility index (Phi) is 6.76. The van der Waals surface area contributed by atoms with Crippen LogP contribution in [0.4, 0.5) is 0 Å². The van der Waals surface area contributed by atoms with Crippen LogP contribution in [0, 0.1) is 0 Å². The van der Waals surface area contributed by atoms with Gasteiger partial charge in [0.05, 0.1) is 25.2 Å². The van der Waals surface area contributed by atoms with Crippen LogP contribution < -0.4 is 0 Å². The van der Waals surface area contributed by atoms with Gasteiger partial charge in [0, 0.05) is 5.56 Å². The number of carbonyl (C=O) groups excluding carboxylic acids is 1. The standard InChI is InChI=1S/C20H26O4/c1-3-5-14-24-20(23-13-4-2)12-11-17(18(21)15-20)19(22)16-9-7-6-8-10-16/h6-12,22H,3-5,13-15H2,1-2H3. The van der Waals surface area contributed by atoms with Crippen molar-refractivity contribution in [1.29, 1.82) is 0 Å². The molecular formula is C20H26O4. The molecule has 2 rings (SSSR count). The number of ketones is 1. The molecule has 130 valence electrons. The van der Waals surface area contributed by atoms with E-state index in [-0.39, 0.29) is 18.0 Å². The van der Waals surface area contributed by atoms with Gasteiger partial charge in [-0.3, -0.25) is 4.79 Å². The fraction of sp³-hybridized carbons (Fsp3) is 0.450. The first-order valence-electron chi connectivity index (χ1n) is 8.61.